The van der Waals surface area contributed by atoms with E-state index in [9.17, 15) is 19.3 Å². The standard InChI is InChI=1S/C42H75O9P/c1-3-5-7-8-9-10-11-12-13-14-15-18-22-25-28-32-36-42(45)51-40(38-50-52(46,47)48)37-49-41(44)35-31-27-24-21-19-16-17-20-23-26-30-34-39(43)33-29-6-4-2/h16-17,21,23-24,26,30,34,39-40,43H,3-15,18-20,22,25,27-29,31-33,35-38H2,1-2H3,(H2,46,47,48)/b17-16-,24-21-,26-23-,34-30+/t39-,40-/m1/s1. The van der Waals surface area contributed by atoms with E-state index in [1.165, 1.54) is 77.0 Å². The van der Waals surface area contributed by atoms with Crippen LogP contribution in [0.2, 0.25) is 0 Å². The summed E-state index contributed by atoms with van der Waals surface area (Å²) in [7, 11) is -4.77. The molecular formula is C42H75O9P. The summed E-state index contributed by atoms with van der Waals surface area (Å²) < 4.78 is 26.3. The summed E-state index contributed by atoms with van der Waals surface area (Å²) in [5.74, 6) is -0.974. The number of phosphoric ester groups is 1. The molecule has 0 aliphatic carbocycles. The summed E-state index contributed by atoms with van der Waals surface area (Å²) in [6, 6.07) is 0. The average molecular weight is 755 g/mol. The van der Waals surface area contributed by atoms with Crippen LogP contribution in [0.25, 0.3) is 0 Å². The van der Waals surface area contributed by atoms with Crippen molar-refractivity contribution in [3.05, 3.63) is 48.6 Å². The number of aliphatic hydroxyl groups is 1. The maximum absolute atomic E-state index is 12.4. The summed E-state index contributed by atoms with van der Waals surface area (Å²) in [5, 5.41) is 9.86. The van der Waals surface area contributed by atoms with Crippen molar-refractivity contribution < 1.29 is 43.0 Å². The molecule has 0 aromatic heterocycles. The van der Waals surface area contributed by atoms with E-state index in [0.29, 0.717) is 19.3 Å². The number of aliphatic hydroxyl groups excluding tert-OH is 1. The lowest BCUT2D eigenvalue weighted by Gasteiger charge is -2.18. The monoisotopic (exact) mass is 755 g/mol. The number of phosphoric acid groups is 1. The molecule has 0 saturated heterocycles. The number of esters is 2. The molecule has 302 valence electrons. The quantitative estimate of drug-likeness (QED) is 0.0186. The van der Waals surface area contributed by atoms with Crippen molar-refractivity contribution in [2.75, 3.05) is 13.2 Å². The van der Waals surface area contributed by atoms with Gasteiger partial charge in [-0.1, -0.05) is 178 Å². The molecule has 2 atom stereocenters. The number of hydrogen-bond acceptors (Lipinski definition) is 7. The number of unbranched alkanes of at least 4 members (excludes halogenated alkanes) is 18. The second kappa shape index (κ2) is 37.3. The summed E-state index contributed by atoms with van der Waals surface area (Å²) in [4.78, 5) is 42.8. The van der Waals surface area contributed by atoms with E-state index >= 15 is 0 Å². The molecule has 0 radical (unpaired) electrons. The van der Waals surface area contributed by atoms with Gasteiger partial charge in [-0.2, -0.15) is 0 Å². The molecule has 0 rings (SSSR count). The molecule has 10 heteroatoms. The van der Waals surface area contributed by atoms with Crippen LogP contribution < -0.4 is 0 Å². The molecule has 52 heavy (non-hydrogen) atoms. The Morgan fingerprint density at radius 3 is 1.67 bits per heavy atom. The Labute approximate surface area is 317 Å². The SMILES string of the molecule is CCCCCCCCCCCCCCCCCCC(=O)O[C@H](COC(=O)CCC/C=C\C/C=C\C/C=C\C=C\[C@H](O)CCCCC)COP(=O)(O)O. The third-order valence-electron chi connectivity index (χ3n) is 8.70. The van der Waals surface area contributed by atoms with Crippen LogP contribution in [0.1, 0.15) is 181 Å². The summed E-state index contributed by atoms with van der Waals surface area (Å²) >= 11 is 0. The number of carbonyl (C=O) groups excluding carboxylic acids is 2. The second-order valence-corrected chi connectivity index (χ2v) is 15.1. The van der Waals surface area contributed by atoms with E-state index in [2.05, 4.69) is 30.5 Å². The van der Waals surface area contributed by atoms with Crippen molar-refractivity contribution in [2.24, 2.45) is 0 Å². The van der Waals surface area contributed by atoms with E-state index in [-0.39, 0.29) is 25.6 Å². The highest BCUT2D eigenvalue weighted by molar-refractivity contribution is 7.46. The predicted octanol–water partition coefficient (Wildman–Crippen LogP) is 11.3. The van der Waals surface area contributed by atoms with Crippen molar-refractivity contribution in [1.82, 2.24) is 0 Å². The highest BCUT2D eigenvalue weighted by Gasteiger charge is 2.22. The number of hydrogen-bond donors (Lipinski definition) is 3. The highest BCUT2D eigenvalue weighted by atomic mass is 31.2. The fraction of sp³-hybridized carbons (Fsp3) is 0.762. The largest absolute Gasteiger partial charge is 0.469 e. The zero-order valence-electron chi connectivity index (χ0n) is 32.8. The van der Waals surface area contributed by atoms with Gasteiger partial charge in [0.25, 0.3) is 0 Å². The van der Waals surface area contributed by atoms with Crippen LogP contribution in [0.5, 0.6) is 0 Å². The summed E-state index contributed by atoms with van der Waals surface area (Å²) in [5.41, 5.74) is 0. The topological polar surface area (TPSA) is 140 Å². The molecule has 3 N–H and O–H groups in total. The van der Waals surface area contributed by atoms with Gasteiger partial charge in [0.15, 0.2) is 6.10 Å². The minimum Gasteiger partial charge on any atom is -0.462 e. The molecule has 0 unspecified atom stereocenters. The van der Waals surface area contributed by atoms with Gasteiger partial charge in [-0.15, -0.1) is 0 Å². The summed E-state index contributed by atoms with van der Waals surface area (Å²) in [6.45, 7) is 3.52. The minimum atomic E-state index is -4.77. The molecule has 0 amide bonds. The Morgan fingerprint density at radius 1 is 0.596 bits per heavy atom. The minimum absolute atomic E-state index is 0.172. The molecular weight excluding hydrogens is 679 g/mol. The Balaban J connectivity index is 4.06. The maximum atomic E-state index is 12.4. The number of rotatable bonds is 37. The first-order chi connectivity index (χ1) is 25.2. The zero-order chi connectivity index (χ0) is 38.4. The third-order valence-corrected chi connectivity index (χ3v) is 9.19. The fourth-order valence-corrected chi connectivity index (χ4v) is 5.95. The van der Waals surface area contributed by atoms with Gasteiger partial charge >= 0.3 is 19.8 Å². The first-order valence-corrected chi connectivity index (χ1v) is 22.1. The van der Waals surface area contributed by atoms with Gasteiger partial charge in [0.05, 0.1) is 12.7 Å². The van der Waals surface area contributed by atoms with E-state index in [0.717, 1.165) is 57.8 Å². The molecule has 0 fully saturated rings. The lowest BCUT2D eigenvalue weighted by molar-refractivity contribution is -0.161. The van der Waals surface area contributed by atoms with Gasteiger partial charge in [-0.05, 0) is 38.5 Å². The molecule has 0 saturated carbocycles. The molecule has 0 aliphatic rings. The van der Waals surface area contributed by atoms with Crippen LogP contribution in [0.15, 0.2) is 48.6 Å². The molecule has 0 heterocycles. The van der Waals surface area contributed by atoms with E-state index < -0.39 is 32.5 Å². The average Bonchev–Trinajstić information content (AvgIpc) is 3.11. The van der Waals surface area contributed by atoms with E-state index in [1.54, 1.807) is 0 Å². The molecule has 0 spiro atoms. The van der Waals surface area contributed by atoms with Crippen LogP contribution in [0.4, 0.5) is 0 Å². The third kappa shape index (κ3) is 39.2. The maximum Gasteiger partial charge on any atom is 0.469 e. The first-order valence-electron chi connectivity index (χ1n) is 20.5. The van der Waals surface area contributed by atoms with Gasteiger partial charge < -0.3 is 24.4 Å². The number of carbonyl (C=O) groups is 2. The van der Waals surface area contributed by atoms with Crippen molar-refractivity contribution >= 4 is 19.8 Å². The lowest BCUT2D eigenvalue weighted by Crippen LogP contribution is -2.29. The van der Waals surface area contributed by atoms with Crippen LogP contribution in [0.3, 0.4) is 0 Å². The molecule has 0 aromatic rings. The van der Waals surface area contributed by atoms with Gasteiger partial charge in [0, 0.05) is 12.8 Å². The van der Waals surface area contributed by atoms with Crippen LogP contribution >= 0.6 is 7.82 Å². The predicted molar refractivity (Wildman–Crippen MR) is 213 cm³/mol. The van der Waals surface area contributed by atoms with Gasteiger partial charge in [-0.3, -0.25) is 14.1 Å². The van der Waals surface area contributed by atoms with E-state index in [1.807, 2.05) is 36.5 Å². The van der Waals surface area contributed by atoms with Crippen molar-refractivity contribution in [2.45, 2.75) is 193 Å². The lowest BCUT2D eigenvalue weighted by atomic mass is 10.0. The van der Waals surface area contributed by atoms with Crippen LogP contribution in [0, 0.1) is 0 Å². The van der Waals surface area contributed by atoms with Crippen molar-refractivity contribution in [3.8, 4) is 0 Å². The Kier molecular flexibility index (Phi) is 35.8. The molecule has 0 aliphatic heterocycles. The van der Waals surface area contributed by atoms with Crippen LogP contribution in [-0.2, 0) is 28.2 Å². The number of allylic oxidation sites excluding steroid dienone is 7. The van der Waals surface area contributed by atoms with Crippen molar-refractivity contribution in [1.29, 1.82) is 0 Å². The second-order valence-electron chi connectivity index (χ2n) is 13.8. The van der Waals surface area contributed by atoms with Crippen LogP contribution in [-0.4, -0.2) is 52.3 Å². The van der Waals surface area contributed by atoms with Gasteiger partial charge in [-0.25, -0.2) is 4.57 Å². The van der Waals surface area contributed by atoms with Gasteiger partial charge in [0.2, 0.25) is 0 Å². The van der Waals surface area contributed by atoms with Crippen molar-refractivity contribution in [3.63, 3.8) is 0 Å². The van der Waals surface area contributed by atoms with E-state index in [4.69, 9.17) is 19.3 Å². The summed E-state index contributed by atoms with van der Waals surface area (Å²) in [6.07, 6.45) is 41.6. The Morgan fingerprint density at radius 2 is 1.10 bits per heavy atom. The molecule has 0 bridgehead atoms. The Bertz CT molecular complexity index is 1000. The normalized spacial score (nSPS) is 13.6. The zero-order valence-corrected chi connectivity index (χ0v) is 33.7. The Hall–Kier alpha value is -2.03. The van der Waals surface area contributed by atoms with Gasteiger partial charge in [0.1, 0.15) is 6.61 Å². The first kappa shape index (κ1) is 50.0. The molecule has 0 aromatic carbocycles. The highest BCUT2D eigenvalue weighted by Crippen LogP contribution is 2.36. The smallest absolute Gasteiger partial charge is 0.462 e. The molecule has 9 nitrogen and oxygen atoms in total. The fourth-order valence-electron chi connectivity index (χ4n) is 5.59. The number of ether oxygens (including phenoxy) is 2.